The number of piperazine rings is 1. The molecular weight excluding hydrogens is 444 g/mol. The summed E-state index contributed by atoms with van der Waals surface area (Å²) in [7, 11) is -3.70. The summed E-state index contributed by atoms with van der Waals surface area (Å²) in [6.07, 6.45) is 0. The molecule has 4 rings (SSSR count). The van der Waals surface area contributed by atoms with Crippen LogP contribution >= 0.6 is 11.6 Å². The Labute approximate surface area is 194 Å². The maximum absolute atomic E-state index is 12.8. The van der Waals surface area contributed by atoms with Gasteiger partial charge >= 0.3 is 0 Å². The van der Waals surface area contributed by atoms with Gasteiger partial charge in [0, 0.05) is 31.2 Å². The fourth-order valence-corrected chi connectivity index (χ4v) is 5.44. The third kappa shape index (κ3) is 5.21. The Bertz CT molecular complexity index is 1110. The summed E-state index contributed by atoms with van der Waals surface area (Å²) >= 11 is 5.84. The average molecular weight is 469 g/mol. The molecule has 5 nitrogen and oxygen atoms in total. The number of carbonyl (C=O) groups excluding carboxylic acids is 1. The van der Waals surface area contributed by atoms with E-state index in [0.29, 0.717) is 31.2 Å². The normalized spacial score (nSPS) is 15.1. The van der Waals surface area contributed by atoms with E-state index in [9.17, 15) is 13.2 Å². The average Bonchev–Trinajstić information content (AvgIpc) is 2.81. The number of halogens is 1. The van der Waals surface area contributed by atoms with E-state index in [1.54, 1.807) is 4.90 Å². The lowest BCUT2D eigenvalue weighted by molar-refractivity contribution is -0.130. The largest absolute Gasteiger partial charge is 0.339 e. The van der Waals surface area contributed by atoms with Crippen molar-refractivity contribution < 1.29 is 13.2 Å². The quantitative estimate of drug-likeness (QED) is 0.547. The zero-order chi connectivity index (χ0) is 22.6. The lowest BCUT2D eigenvalue weighted by atomic mass is 9.96. The van der Waals surface area contributed by atoms with E-state index in [4.69, 9.17) is 11.6 Å². The fraction of sp³-hybridized carbons (Fsp3) is 0.240. The molecule has 1 aliphatic heterocycles. The molecule has 32 heavy (non-hydrogen) atoms. The molecule has 1 aliphatic rings. The number of carbonyl (C=O) groups is 1. The van der Waals surface area contributed by atoms with E-state index in [1.807, 2.05) is 36.4 Å². The molecule has 0 aromatic heterocycles. The molecule has 0 atom stereocenters. The fourth-order valence-electron chi connectivity index (χ4n) is 4.09. The predicted molar refractivity (Wildman–Crippen MR) is 126 cm³/mol. The molecule has 1 heterocycles. The van der Waals surface area contributed by atoms with Gasteiger partial charge in [-0.2, -0.15) is 0 Å². The van der Waals surface area contributed by atoms with Gasteiger partial charge in [0.05, 0.1) is 10.9 Å². The van der Waals surface area contributed by atoms with Crippen LogP contribution in [-0.4, -0.2) is 56.1 Å². The molecule has 0 unspecified atom stereocenters. The molecule has 1 fully saturated rings. The summed E-state index contributed by atoms with van der Waals surface area (Å²) in [5, 5.41) is 0.456. The predicted octanol–water partition coefficient (Wildman–Crippen LogP) is 4.05. The Morgan fingerprint density at radius 3 is 1.78 bits per heavy atom. The molecule has 0 saturated carbocycles. The van der Waals surface area contributed by atoms with E-state index in [0.717, 1.165) is 0 Å². The van der Waals surface area contributed by atoms with Gasteiger partial charge in [0.2, 0.25) is 5.91 Å². The second kappa shape index (κ2) is 9.86. The second-order valence-electron chi connectivity index (χ2n) is 7.85. The van der Waals surface area contributed by atoms with Crippen LogP contribution in [0.2, 0.25) is 5.02 Å². The molecule has 3 aromatic rings. The molecule has 0 spiro atoms. The maximum Gasteiger partial charge on any atom is 0.238 e. The molecule has 0 aliphatic carbocycles. The Morgan fingerprint density at radius 1 is 0.781 bits per heavy atom. The highest BCUT2D eigenvalue weighted by atomic mass is 35.5. The van der Waals surface area contributed by atoms with Gasteiger partial charge < -0.3 is 4.90 Å². The SMILES string of the molecule is O=C(CS(=O)(=O)c1ccc(Cl)cc1)N1CCN(C(c2ccccc2)c2ccccc2)CC1. The molecule has 0 bridgehead atoms. The topological polar surface area (TPSA) is 57.7 Å². The van der Waals surface area contributed by atoms with Crippen molar-refractivity contribution in [3.8, 4) is 0 Å². The summed E-state index contributed by atoms with van der Waals surface area (Å²) < 4.78 is 25.3. The minimum atomic E-state index is -3.70. The van der Waals surface area contributed by atoms with E-state index < -0.39 is 15.6 Å². The summed E-state index contributed by atoms with van der Waals surface area (Å²) in [6.45, 7) is 2.32. The van der Waals surface area contributed by atoms with Gasteiger partial charge in [0.1, 0.15) is 5.75 Å². The van der Waals surface area contributed by atoms with Gasteiger partial charge in [0.25, 0.3) is 0 Å². The van der Waals surface area contributed by atoms with Crippen LogP contribution in [0.1, 0.15) is 17.2 Å². The van der Waals surface area contributed by atoms with E-state index in [-0.39, 0.29) is 16.8 Å². The first-order valence-corrected chi connectivity index (χ1v) is 12.6. The zero-order valence-electron chi connectivity index (χ0n) is 17.6. The first-order valence-electron chi connectivity index (χ1n) is 10.5. The van der Waals surface area contributed by atoms with Crippen LogP contribution in [0.15, 0.2) is 89.8 Å². The molecular formula is C25H25ClN2O3S. The minimum Gasteiger partial charge on any atom is -0.339 e. The van der Waals surface area contributed by atoms with E-state index >= 15 is 0 Å². The molecule has 3 aromatic carbocycles. The first kappa shape index (κ1) is 22.5. The highest BCUT2D eigenvalue weighted by molar-refractivity contribution is 7.92. The van der Waals surface area contributed by atoms with Crippen molar-refractivity contribution in [1.29, 1.82) is 0 Å². The van der Waals surface area contributed by atoms with Crippen molar-refractivity contribution in [2.24, 2.45) is 0 Å². The van der Waals surface area contributed by atoms with Crippen molar-refractivity contribution in [3.63, 3.8) is 0 Å². The third-order valence-corrected chi connectivity index (χ3v) is 7.62. The summed E-state index contributed by atoms with van der Waals surface area (Å²) in [5.74, 6) is -0.898. The standard InChI is InChI=1S/C25H25ClN2O3S/c26-22-11-13-23(14-12-22)32(30,31)19-24(29)27-15-17-28(18-16-27)25(20-7-3-1-4-8-20)21-9-5-2-6-10-21/h1-14,25H,15-19H2. The smallest absolute Gasteiger partial charge is 0.238 e. The van der Waals surface area contributed by atoms with Crippen molar-refractivity contribution in [2.75, 3.05) is 31.9 Å². The monoisotopic (exact) mass is 468 g/mol. The third-order valence-electron chi connectivity index (χ3n) is 5.75. The molecule has 0 N–H and O–H groups in total. The van der Waals surface area contributed by atoms with Crippen molar-refractivity contribution in [3.05, 3.63) is 101 Å². The Kier molecular flexibility index (Phi) is 6.94. The molecule has 0 radical (unpaired) electrons. The number of sulfone groups is 1. The number of amides is 1. The van der Waals surface area contributed by atoms with Crippen LogP contribution in [0.3, 0.4) is 0 Å². The highest BCUT2D eigenvalue weighted by Crippen LogP contribution is 2.29. The van der Waals surface area contributed by atoms with E-state index in [2.05, 4.69) is 29.2 Å². The van der Waals surface area contributed by atoms with Gasteiger partial charge in [0.15, 0.2) is 9.84 Å². The first-order chi connectivity index (χ1) is 15.4. The zero-order valence-corrected chi connectivity index (χ0v) is 19.2. The molecule has 1 saturated heterocycles. The van der Waals surface area contributed by atoms with Crippen molar-refractivity contribution in [1.82, 2.24) is 9.80 Å². The van der Waals surface area contributed by atoms with Crippen LogP contribution < -0.4 is 0 Å². The van der Waals surface area contributed by atoms with Gasteiger partial charge in [-0.05, 0) is 35.4 Å². The van der Waals surface area contributed by atoms with Crippen LogP contribution in [-0.2, 0) is 14.6 Å². The number of hydrogen-bond donors (Lipinski definition) is 0. The number of nitrogens with zero attached hydrogens (tertiary/aromatic N) is 2. The van der Waals surface area contributed by atoms with Gasteiger partial charge in [-0.1, -0.05) is 72.3 Å². The summed E-state index contributed by atoms with van der Waals surface area (Å²) in [4.78, 5) is 16.9. The number of rotatable bonds is 6. The van der Waals surface area contributed by atoms with E-state index in [1.165, 1.54) is 35.4 Å². The van der Waals surface area contributed by atoms with Crippen LogP contribution in [0, 0.1) is 0 Å². The number of hydrogen-bond acceptors (Lipinski definition) is 4. The molecule has 166 valence electrons. The van der Waals surface area contributed by atoms with Crippen molar-refractivity contribution in [2.45, 2.75) is 10.9 Å². The van der Waals surface area contributed by atoms with Gasteiger partial charge in [-0.15, -0.1) is 0 Å². The lowest BCUT2D eigenvalue weighted by Gasteiger charge is -2.39. The number of benzene rings is 3. The Balaban J connectivity index is 1.44. The minimum absolute atomic E-state index is 0.0902. The lowest BCUT2D eigenvalue weighted by Crippen LogP contribution is -2.51. The Hall–Kier alpha value is -2.67. The van der Waals surface area contributed by atoms with Crippen molar-refractivity contribution >= 4 is 27.3 Å². The van der Waals surface area contributed by atoms with Crippen LogP contribution in [0.5, 0.6) is 0 Å². The summed E-state index contributed by atoms with van der Waals surface area (Å²) in [5.41, 5.74) is 2.40. The maximum atomic E-state index is 12.8. The van der Waals surface area contributed by atoms with Crippen LogP contribution in [0.25, 0.3) is 0 Å². The van der Waals surface area contributed by atoms with Gasteiger partial charge in [-0.25, -0.2) is 8.42 Å². The molecule has 1 amide bonds. The van der Waals surface area contributed by atoms with Crippen LogP contribution in [0.4, 0.5) is 0 Å². The second-order valence-corrected chi connectivity index (χ2v) is 10.3. The van der Waals surface area contributed by atoms with Gasteiger partial charge in [-0.3, -0.25) is 9.69 Å². The Morgan fingerprint density at radius 2 is 1.28 bits per heavy atom. The summed E-state index contributed by atoms with van der Waals surface area (Å²) in [6, 6.07) is 26.6. The molecule has 7 heteroatoms. The highest BCUT2D eigenvalue weighted by Gasteiger charge is 2.30.